The molecule has 0 spiro atoms. The van der Waals surface area contributed by atoms with Crippen molar-refractivity contribution in [3.8, 4) is 11.5 Å². The number of ether oxygens (including phenoxy) is 2. The lowest BCUT2D eigenvalue weighted by molar-refractivity contribution is -0.133. The lowest BCUT2D eigenvalue weighted by Gasteiger charge is -2.24. The van der Waals surface area contributed by atoms with Crippen LogP contribution in [0.25, 0.3) is 0 Å². The van der Waals surface area contributed by atoms with E-state index < -0.39 is 0 Å². The molecule has 6 heteroatoms. The summed E-state index contributed by atoms with van der Waals surface area (Å²) < 4.78 is 10.5. The molecule has 0 saturated heterocycles. The first-order valence-corrected chi connectivity index (χ1v) is 8.20. The zero-order valence-electron chi connectivity index (χ0n) is 15.3. The van der Waals surface area contributed by atoms with Gasteiger partial charge in [-0.25, -0.2) is 0 Å². The zero-order chi connectivity index (χ0) is 18.1. The minimum atomic E-state index is -0.0582. The molecule has 0 aliphatic heterocycles. The van der Waals surface area contributed by atoms with Crippen molar-refractivity contribution in [3.05, 3.63) is 23.8 Å². The molecule has 0 fully saturated rings. The van der Waals surface area contributed by atoms with E-state index in [2.05, 4.69) is 0 Å². The van der Waals surface area contributed by atoms with Crippen LogP contribution in [0.4, 0.5) is 0 Å². The van der Waals surface area contributed by atoms with E-state index in [0.29, 0.717) is 44.1 Å². The lowest BCUT2D eigenvalue weighted by atomic mass is 10.1. The topological polar surface area (TPSA) is 59.1 Å². The number of benzene rings is 1. The van der Waals surface area contributed by atoms with Crippen molar-refractivity contribution in [2.75, 3.05) is 33.9 Å². The summed E-state index contributed by atoms with van der Waals surface area (Å²) in [4.78, 5) is 27.5. The van der Waals surface area contributed by atoms with Gasteiger partial charge >= 0.3 is 0 Å². The Morgan fingerprint density at radius 3 is 2.12 bits per heavy atom. The Morgan fingerprint density at radius 2 is 1.62 bits per heavy atom. The van der Waals surface area contributed by atoms with Crippen LogP contribution in [0.3, 0.4) is 0 Å². The van der Waals surface area contributed by atoms with Crippen LogP contribution in [0.15, 0.2) is 18.2 Å². The lowest BCUT2D eigenvalue weighted by Crippen LogP contribution is -2.36. The van der Waals surface area contributed by atoms with E-state index in [9.17, 15) is 9.59 Å². The van der Waals surface area contributed by atoms with E-state index in [0.717, 1.165) is 5.56 Å². The second-order valence-electron chi connectivity index (χ2n) is 5.45. The van der Waals surface area contributed by atoms with Crippen LogP contribution in [0.2, 0.25) is 0 Å². The molecule has 0 bridgehead atoms. The number of hydrogen-bond donors (Lipinski definition) is 0. The third-order valence-electron chi connectivity index (χ3n) is 3.98. The van der Waals surface area contributed by atoms with Gasteiger partial charge in [-0.3, -0.25) is 9.59 Å². The number of carbonyl (C=O) groups excluding carboxylic acids is 2. The molecule has 0 atom stereocenters. The highest BCUT2D eigenvalue weighted by Crippen LogP contribution is 2.28. The summed E-state index contributed by atoms with van der Waals surface area (Å²) in [7, 11) is 3.16. The van der Waals surface area contributed by atoms with Crippen LogP contribution in [0.1, 0.15) is 32.8 Å². The summed E-state index contributed by atoms with van der Waals surface area (Å²) in [5, 5.41) is 0. The second kappa shape index (κ2) is 9.80. The maximum atomic E-state index is 12.1. The van der Waals surface area contributed by atoms with Gasteiger partial charge in [-0.15, -0.1) is 0 Å². The Kier molecular flexibility index (Phi) is 8.09. The largest absolute Gasteiger partial charge is 0.493 e. The first-order chi connectivity index (χ1) is 11.5. The highest BCUT2D eigenvalue weighted by molar-refractivity contribution is 5.78. The standard InChI is InChI=1S/C18H28N2O4/c1-6-19(7-2)18(22)10-11-20(14(3)21)13-15-8-9-16(23-4)17(12-15)24-5/h8-9,12H,6-7,10-11,13H2,1-5H3. The molecular formula is C18H28N2O4. The van der Waals surface area contributed by atoms with Gasteiger partial charge in [-0.2, -0.15) is 0 Å². The Balaban J connectivity index is 2.76. The zero-order valence-corrected chi connectivity index (χ0v) is 15.3. The number of rotatable bonds is 9. The second-order valence-corrected chi connectivity index (χ2v) is 5.45. The first-order valence-electron chi connectivity index (χ1n) is 8.20. The molecule has 6 nitrogen and oxygen atoms in total. The maximum absolute atomic E-state index is 12.1. The number of carbonyl (C=O) groups is 2. The van der Waals surface area contributed by atoms with Gasteiger partial charge in [0.1, 0.15) is 0 Å². The molecule has 0 saturated carbocycles. The molecule has 0 aromatic heterocycles. The Morgan fingerprint density at radius 1 is 1.00 bits per heavy atom. The van der Waals surface area contributed by atoms with Gasteiger partial charge in [0, 0.05) is 39.5 Å². The van der Waals surface area contributed by atoms with Crippen LogP contribution in [-0.4, -0.2) is 55.5 Å². The summed E-state index contributed by atoms with van der Waals surface area (Å²) in [6.07, 6.45) is 0.328. The van der Waals surface area contributed by atoms with Gasteiger partial charge < -0.3 is 19.3 Å². The summed E-state index contributed by atoms with van der Waals surface area (Å²) in [5.74, 6) is 1.28. The van der Waals surface area contributed by atoms with E-state index in [-0.39, 0.29) is 11.8 Å². The summed E-state index contributed by atoms with van der Waals surface area (Å²) in [6.45, 7) is 7.63. The highest BCUT2D eigenvalue weighted by atomic mass is 16.5. The van der Waals surface area contributed by atoms with Crippen LogP contribution in [0.5, 0.6) is 11.5 Å². The molecule has 1 rings (SSSR count). The molecular weight excluding hydrogens is 308 g/mol. The molecule has 0 N–H and O–H groups in total. The van der Waals surface area contributed by atoms with Crippen molar-refractivity contribution in [2.45, 2.75) is 33.7 Å². The molecule has 134 valence electrons. The molecule has 24 heavy (non-hydrogen) atoms. The average Bonchev–Trinajstić information content (AvgIpc) is 2.59. The van der Waals surface area contributed by atoms with E-state index in [4.69, 9.17) is 9.47 Å². The van der Waals surface area contributed by atoms with Crippen molar-refractivity contribution >= 4 is 11.8 Å². The quantitative estimate of drug-likeness (QED) is 0.694. The normalized spacial score (nSPS) is 10.2. The molecule has 1 aromatic carbocycles. The van der Waals surface area contributed by atoms with Gasteiger partial charge in [0.25, 0.3) is 0 Å². The van der Waals surface area contributed by atoms with E-state index in [1.165, 1.54) is 6.92 Å². The number of hydrogen-bond acceptors (Lipinski definition) is 4. The summed E-state index contributed by atoms with van der Waals surface area (Å²) >= 11 is 0. The molecule has 0 heterocycles. The van der Waals surface area contributed by atoms with E-state index in [1.54, 1.807) is 24.0 Å². The summed E-state index contributed by atoms with van der Waals surface area (Å²) in [5.41, 5.74) is 0.929. The molecule has 0 aliphatic rings. The van der Waals surface area contributed by atoms with Gasteiger partial charge in [-0.05, 0) is 31.5 Å². The number of nitrogens with zero attached hydrogens (tertiary/aromatic N) is 2. The smallest absolute Gasteiger partial charge is 0.224 e. The van der Waals surface area contributed by atoms with Crippen LogP contribution in [0, 0.1) is 0 Å². The molecule has 0 unspecified atom stereocenters. The third-order valence-corrected chi connectivity index (χ3v) is 3.98. The van der Waals surface area contributed by atoms with Crippen LogP contribution in [-0.2, 0) is 16.1 Å². The SMILES string of the molecule is CCN(CC)C(=O)CCN(Cc1ccc(OC)c(OC)c1)C(C)=O. The van der Waals surface area contributed by atoms with Gasteiger partial charge in [0.05, 0.1) is 14.2 Å². The fourth-order valence-corrected chi connectivity index (χ4v) is 2.51. The number of amides is 2. The number of methoxy groups -OCH3 is 2. The van der Waals surface area contributed by atoms with Gasteiger partial charge in [0.15, 0.2) is 11.5 Å². The van der Waals surface area contributed by atoms with Gasteiger partial charge in [-0.1, -0.05) is 6.07 Å². The monoisotopic (exact) mass is 336 g/mol. The minimum Gasteiger partial charge on any atom is -0.493 e. The predicted octanol–water partition coefficient (Wildman–Crippen LogP) is 2.31. The maximum Gasteiger partial charge on any atom is 0.224 e. The molecule has 2 amide bonds. The Bertz CT molecular complexity index is 556. The third kappa shape index (κ3) is 5.44. The molecule has 0 radical (unpaired) electrons. The minimum absolute atomic E-state index is 0.0582. The van der Waals surface area contributed by atoms with Gasteiger partial charge in [0.2, 0.25) is 11.8 Å². The Hall–Kier alpha value is -2.24. The van der Waals surface area contributed by atoms with Crippen LogP contribution >= 0.6 is 0 Å². The van der Waals surface area contributed by atoms with Crippen molar-refractivity contribution in [2.24, 2.45) is 0 Å². The fourth-order valence-electron chi connectivity index (χ4n) is 2.51. The van der Waals surface area contributed by atoms with E-state index >= 15 is 0 Å². The fraction of sp³-hybridized carbons (Fsp3) is 0.556. The molecule has 1 aromatic rings. The average molecular weight is 336 g/mol. The highest BCUT2D eigenvalue weighted by Gasteiger charge is 2.15. The van der Waals surface area contributed by atoms with Crippen molar-refractivity contribution in [1.82, 2.24) is 9.80 Å². The van der Waals surface area contributed by atoms with Crippen molar-refractivity contribution < 1.29 is 19.1 Å². The van der Waals surface area contributed by atoms with Crippen molar-refractivity contribution in [1.29, 1.82) is 0 Å². The summed E-state index contributed by atoms with van der Waals surface area (Å²) in [6, 6.07) is 5.55. The molecule has 0 aliphatic carbocycles. The predicted molar refractivity (Wildman–Crippen MR) is 93.2 cm³/mol. The Labute approximate surface area is 144 Å². The first kappa shape index (κ1) is 19.8. The van der Waals surface area contributed by atoms with Crippen LogP contribution < -0.4 is 9.47 Å². The van der Waals surface area contributed by atoms with E-state index in [1.807, 2.05) is 32.0 Å². The van der Waals surface area contributed by atoms with Crippen molar-refractivity contribution in [3.63, 3.8) is 0 Å².